The quantitative estimate of drug-likeness (QED) is 0.514. The monoisotopic (exact) mass is 147 g/mol. The number of Topliss-reactive ketones (excluding diaryl/α,β-unsaturated/α-hetero) is 1. The van der Waals surface area contributed by atoms with E-state index in [1.54, 1.807) is 0 Å². The predicted molar refractivity (Wildman–Crippen MR) is 43.7 cm³/mol. The summed E-state index contributed by atoms with van der Waals surface area (Å²) in [6, 6.07) is 7.91. The summed E-state index contributed by atoms with van der Waals surface area (Å²) in [6.07, 6.45) is 2.83. The molecule has 1 nitrogen and oxygen atoms in total. The van der Waals surface area contributed by atoms with E-state index in [0.717, 1.165) is 24.8 Å². The molecular formula is C10H10O. The second-order valence-electron chi connectivity index (χ2n) is 2.93. The van der Waals surface area contributed by atoms with Crippen LogP contribution in [-0.2, 0) is 6.42 Å². The van der Waals surface area contributed by atoms with Gasteiger partial charge in [-0.05, 0) is 18.4 Å². The lowest BCUT2D eigenvalue weighted by Crippen LogP contribution is -2.09. The van der Waals surface area contributed by atoms with E-state index in [2.05, 4.69) is 0 Å². The second kappa shape index (κ2) is 2.50. The normalized spacial score (nSPS) is 16.2. The molecule has 0 saturated heterocycles. The molecule has 0 heterocycles. The summed E-state index contributed by atoms with van der Waals surface area (Å²) in [6.45, 7) is 0. The Balaban J connectivity index is 2.52. The Bertz CT molecular complexity index is 289. The van der Waals surface area contributed by atoms with Crippen LogP contribution in [0.4, 0.5) is 0 Å². The molecule has 2 rings (SSSR count). The molecule has 0 bridgehead atoms. The Hall–Kier alpha value is -1.11. The number of benzene rings is 1. The first-order valence-corrected chi connectivity index (χ1v) is 3.99. The average Bonchev–Trinajstić information content (AvgIpc) is 2.06. The lowest BCUT2D eigenvalue weighted by molar-refractivity contribution is 0.0972. The van der Waals surface area contributed by atoms with Gasteiger partial charge in [-0.15, -0.1) is 0 Å². The summed E-state index contributed by atoms with van der Waals surface area (Å²) < 4.78 is 0. The van der Waals surface area contributed by atoms with Crippen molar-refractivity contribution < 1.29 is 4.79 Å². The van der Waals surface area contributed by atoms with Gasteiger partial charge in [0.15, 0.2) is 5.78 Å². The third-order valence-electron chi connectivity index (χ3n) is 2.17. The van der Waals surface area contributed by atoms with E-state index in [4.69, 9.17) is 0 Å². The molecule has 0 aliphatic heterocycles. The van der Waals surface area contributed by atoms with Crippen LogP contribution in [0, 0.1) is 0 Å². The van der Waals surface area contributed by atoms with Crippen LogP contribution >= 0.6 is 0 Å². The van der Waals surface area contributed by atoms with Gasteiger partial charge in [-0.25, -0.2) is 0 Å². The van der Waals surface area contributed by atoms with Gasteiger partial charge in [0.1, 0.15) is 0 Å². The fourth-order valence-corrected chi connectivity index (χ4v) is 1.58. The van der Waals surface area contributed by atoms with Crippen molar-refractivity contribution in [2.24, 2.45) is 0 Å². The number of hydrogen-bond acceptors (Lipinski definition) is 1. The van der Waals surface area contributed by atoms with Crippen LogP contribution in [-0.4, -0.2) is 5.78 Å². The fourth-order valence-electron chi connectivity index (χ4n) is 1.58. The Kier molecular flexibility index (Phi) is 1.50. The molecule has 56 valence electrons. The van der Waals surface area contributed by atoms with Gasteiger partial charge in [-0.3, -0.25) is 4.79 Å². The van der Waals surface area contributed by atoms with E-state index < -0.39 is 0 Å². The molecule has 11 heavy (non-hydrogen) atoms. The molecule has 0 aromatic heterocycles. The predicted octanol–water partition coefficient (Wildman–Crippen LogP) is 2.21. The maximum atomic E-state index is 11.3. The van der Waals surface area contributed by atoms with Gasteiger partial charge in [0.05, 0.1) is 0 Å². The standard InChI is InChI=1S/C10H10O/c11-10-7-3-5-8-4-1-2-6-9(8)10/h1-2,4,6H,3,5,7H2/i10+1. The zero-order valence-corrected chi connectivity index (χ0v) is 6.34. The number of ketones is 1. The Morgan fingerprint density at radius 2 is 1.91 bits per heavy atom. The number of fused-ring (bicyclic) bond motifs is 1. The Morgan fingerprint density at radius 3 is 2.73 bits per heavy atom. The van der Waals surface area contributed by atoms with Crippen LogP contribution in [0.15, 0.2) is 24.3 Å². The largest absolute Gasteiger partial charge is 0.294 e. The van der Waals surface area contributed by atoms with Gasteiger partial charge in [-0.1, -0.05) is 24.3 Å². The highest BCUT2D eigenvalue weighted by Crippen LogP contribution is 2.19. The lowest BCUT2D eigenvalue weighted by Gasteiger charge is -2.12. The molecular weight excluding hydrogens is 137 g/mol. The number of hydrogen-bond donors (Lipinski definition) is 0. The zero-order valence-electron chi connectivity index (χ0n) is 6.34. The van der Waals surface area contributed by atoms with Crippen molar-refractivity contribution in [3.63, 3.8) is 0 Å². The number of carbonyl (C=O) groups is 1. The van der Waals surface area contributed by atoms with Gasteiger partial charge in [0.2, 0.25) is 0 Å². The van der Waals surface area contributed by atoms with Crippen LogP contribution < -0.4 is 0 Å². The van der Waals surface area contributed by atoms with E-state index in [9.17, 15) is 4.79 Å². The highest BCUT2D eigenvalue weighted by Gasteiger charge is 2.14. The first-order valence-electron chi connectivity index (χ1n) is 3.99. The lowest BCUT2D eigenvalue weighted by atomic mass is 10.0. The molecule has 0 fully saturated rings. The van der Waals surface area contributed by atoms with Crippen LogP contribution in [0.25, 0.3) is 0 Å². The Morgan fingerprint density at radius 1 is 1.09 bits per heavy atom. The summed E-state index contributed by atoms with van der Waals surface area (Å²) in [5, 5.41) is 0. The van der Waals surface area contributed by atoms with Gasteiger partial charge in [0.25, 0.3) is 0 Å². The average molecular weight is 147 g/mol. The number of rotatable bonds is 0. The van der Waals surface area contributed by atoms with Crippen molar-refractivity contribution >= 4 is 5.78 Å². The maximum Gasteiger partial charge on any atom is 0.163 e. The third-order valence-corrected chi connectivity index (χ3v) is 2.17. The first kappa shape index (κ1) is 6.59. The molecule has 0 atom stereocenters. The van der Waals surface area contributed by atoms with E-state index in [-0.39, 0.29) is 0 Å². The minimum Gasteiger partial charge on any atom is -0.294 e. The molecule has 1 aromatic rings. The third kappa shape index (κ3) is 1.07. The first-order chi connectivity index (χ1) is 5.38. The van der Waals surface area contributed by atoms with Crippen LogP contribution in [0.1, 0.15) is 28.8 Å². The zero-order chi connectivity index (χ0) is 7.68. The van der Waals surface area contributed by atoms with Gasteiger partial charge < -0.3 is 0 Å². The maximum absolute atomic E-state index is 11.3. The van der Waals surface area contributed by atoms with Crippen molar-refractivity contribution in [2.75, 3.05) is 0 Å². The smallest absolute Gasteiger partial charge is 0.163 e. The van der Waals surface area contributed by atoms with E-state index in [1.807, 2.05) is 24.3 Å². The second-order valence-corrected chi connectivity index (χ2v) is 2.93. The topological polar surface area (TPSA) is 17.1 Å². The molecule has 0 spiro atoms. The SMILES string of the molecule is O=[13C]1CCCc2ccccc21. The molecule has 1 aliphatic carbocycles. The molecule has 1 aromatic carbocycles. The fraction of sp³-hybridized carbons (Fsp3) is 0.300. The minimum atomic E-state index is 0.312. The number of carbonyl (C=O) groups excluding carboxylic acids is 1. The highest BCUT2D eigenvalue weighted by molar-refractivity contribution is 5.98. The molecule has 0 amide bonds. The van der Waals surface area contributed by atoms with Gasteiger partial charge in [-0.2, -0.15) is 0 Å². The van der Waals surface area contributed by atoms with E-state index >= 15 is 0 Å². The van der Waals surface area contributed by atoms with Crippen molar-refractivity contribution in [3.8, 4) is 0 Å². The molecule has 0 saturated carbocycles. The molecule has 1 aliphatic rings. The van der Waals surface area contributed by atoms with Crippen LogP contribution in [0.5, 0.6) is 0 Å². The molecule has 1 heteroatoms. The molecule has 0 radical (unpaired) electrons. The molecule has 0 unspecified atom stereocenters. The minimum absolute atomic E-state index is 0.312. The van der Waals surface area contributed by atoms with Crippen molar-refractivity contribution in [1.82, 2.24) is 0 Å². The van der Waals surface area contributed by atoms with Gasteiger partial charge >= 0.3 is 0 Å². The van der Waals surface area contributed by atoms with Crippen LogP contribution in [0.3, 0.4) is 0 Å². The van der Waals surface area contributed by atoms with Crippen molar-refractivity contribution in [2.45, 2.75) is 19.3 Å². The molecule has 0 N–H and O–H groups in total. The van der Waals surface area contributed by atoms with Crippen molar-refractivity contribution in [1.29, 1.82) is 0 Å². The highest BCUT2D eigenvalue weighted by atomic mass is 16.2. The summed E-state index contributed by atoms with van der Waals surface area (Å²) in [5.74, 6) is 0.312. The van der Waals surface area contributed by atoms with E-state index in [1.165, 1.54) is 5.56 Å². The van der Waals surface area contributed by atoms with Gasteiger partial charge in [0, 0.05) is 12.0 Å². The summed E-state index contributed by atoms with van der Waals surface area (Å²) in [5.41, 5.74) is 2.17. The van der Waals surface area contributed by atoms with Crippen molar-refractivity contribution in [3.05, 3.63) is 35.4 Å². The van der Waals surface area contributed by atoms with Crippen LogP contribution in [0.2, 0.25) is 0 Å². The number of aryl methyl sites for hydroxylation is 1. The Labute approximate surface area is 66.0 Å². The van der Waals surface area contributed by atoms with E-state index in [0.29, 0.717) is 5.78 Å². The summed E-state index contributed by atoms with van der Waals surface area (Å²) >= 11 is 0. The summed E-state index contributed by atoms with van der Waals surface area (Å²) in [7, 11) is 0. The summed E-state index contributed by atoms with van der Waals surface area (Å²) in [4.78, 5) is 11.3.